The van der Waals surface area contributed by atoms with E-state index < -0.39 is 10.0 Å². The fourth-order valence-electron chi connectivity index (χ4n) is 2.52. The normalized spacial score (nSPS) is 18.0. The van der Waals surface area contributed by atoms with Crippen molar-refractivity contribution in [3.05, 3.63) is 42.5 Å². The second-order valence-corrected chi connectivity index (χ2v) is 7.98. The Morgan fingerprint density at radius 2 is 1.75 bits per heavy atom. The van der Waals surface area contributed by atoms with Crippen LogP contribution in [0.15, 0.2) is 47.4 Å². The van der Waals surface area contributed by atoms with Gasteiger partial charge in [-0.1, -0.05) is 36.4 Å². The van der Waals surface area contributed by atoms with Gasteiger partial charge in [-0.05, 0) is 23.6 Å². The second kappa shape index (κ2) is 5.76. The highest BCUT2D eigenvalue weighted by molar-refractivity contribution is 7.99. The Bertz CT molecular complexity index is 699. The molecule has 0 atom stereocenters. The van der Waals surface area contributed by atoms with E-state index in [2.05, 4.69) is 0 Å². The molecule has 0 radical (unpaired) electrons. The van der Waals surface area contributed by atoms with Gasteiger partial charge in [-0.3, -0.25) is 0 Å². The van der Waals surface area contributed by atoms with E-state index >= 15 is 0 Å². The van der Waals surface area contributed by atoms with Gasteiger partial charge < -0.3 is 0 Å². The molecule has 0 amide bonds. The molecular formula is C15H17NO2S2. The van der Waals surface area contributed by atoms with Crippen molar-refractivity contribution in [3.8, 4) is 0 Å². The van der Waals surface area contributed by atoms with Crippen LogP contribution in [0.25, 0.3) is 10.8 Å². The molecule has 1 aliphatic heterocycles. The number of nitrogens with zero attached hydrogens (tertiary/aromatic N) is 1. The Morgan fingerprint density at radius 1 is 0.950 bits per heavy atom. The van der Waals surface area contributed by atoms with Crippen LogP contribution in [0.1, 0.15) is 6.42 Å². The van der Waals surface area contributed by atoms with Gasteiger partial charge in [0.25, 0.3) is 0 Å². The molecule has 5 heteroatoms. The van der Waals surface area contributed by atoms with Crippen LogP contribution in [0.5, 0.6) is 0 Å². The van der Waals surface area contributed by atoms with E-state index in [0.29, 0.717) is 18.0 Å². The molecule has 3 nitrogen and oxygen atoms in total. The molecule has 0 spiro atoms. The second-order valence-electron chi connectivity index (χ2n) is 4.85. The van der Waals surface area contributed by atoms with Crippen LogP contribution in [0.4, 0.5) is 0 Å². The van der Waals surface area contributed by atoms with Crippen molar-refractivity contribution in [2.75, 3.05) is 24.6 Å². The number of hydrogen-bond donors (Lipinski definition) is 0. The largest absolute Gasteiger partial charge is 0.243 e. The fourth-order valence-corrected chi connectivity index (χ4v) is 5.22. The van der Waals surface area contributed by atoms with Gasteiger partial charge in [0.1, 0.15) is 0 Å². The van der Waals surface area contributed by atoms with E-state index in [1.807, 2.05) is 48.2 Å². The van der Waals surface area contributed by atoms with E-state index in [-0.39, 0.29) is 0 Å². The maximum absolute atomic E-state index is 12.9. The molecule has 0 N–H and O–H groups in total. The molecule has 0 aromatic heterocycles. The number of rotatable bonds is 2. The van der Waals surface area contributed by atoms with Gasteiger partial charge in [0, 0.05) is 24.2 Å². The summed E-state index contributed by atoms with van der Waals surface area (Å²) in [4.78, 5) is 0.433. The predicted octanol–water partition coefficient (Wildman–Crippen LogP) is 2.97. The molecule has 106 valence electrons. The summed E-state index contributed by atoms with van der Waals surface area (Å²) in [5.74, 6) is 1.92. The molecule has 2 aromatic rings. The van der Waals surface area contributed by atoms with Crippen LogP contribution in [-0.4, -0.2) is 37.3 Å². The van der Waals surface area contributed by atoms with Crippen molar-refractivity contribution >= 4 is 32.6 Å². The summed E-state index contributed by atoms with van der Waals surface area (Å²) < 4.78 is 27.4. The Morgan fingerprint density at radius 3 is 2.65 bits per heavy atom. The Hall–Kier alpha value is -1.04. The average molecular weight is 307 g/mol. The van der Waals surface area contributed by atoms with Crippen molar-refractivity contribution in [2.45, 2.75) is 11.3 Å². The van der Waals surface area contributed by atoms with Crippen LogP contribution < -0.4 is 0 Å². The summed E-state index contributed by atoms with van der Waals surface area (Å²) in [7, 11) is -3.39. The van der Waals surface area contributed by atoms with Gasteiger partial charge >= 0.3 is 0 Å². The van der Waals surface area contributed by atoms with E-state index in [4.69, 9.17) is 0 Å². The van der Waals surface area contributed by atoms with Crippen molar-refractivity contribution in [1.82, 2.24) is 4.31 Å². The standard InChI is InChI=1S/C15H17NO2S2/c17-20(18,16-9-4-11-19-12-10-16)15-8-3-6-13-5-1-2-7-14(13)15/h1-3,5-8H,4,9-12H2. The monoisotopic (exact) mass is 307 g/mol. The lowest BCUT2D eigenvalue weighted by Crippen LogP contribution is -2.33. The zero-order valence-corrected chi connectivity index (χ0v) is 12.8. The SMILES string of the molecule is O=S(=O)(c1cccc2ccccc12)N1CCCSCC1. The van der Waals surface area contributed by atoms with Gasteiger partial charge in [-0.15, -0.1) is 0 Å². The van der Waals surface area contributed by atoms with Gasteiger partial charge in [0.15, 0.2) is 0 Å². The van der Waals surface area contributed by atoms with Crippen molar-refractivity contribution in [2.24, 2.45) is 0 Å². The summed E-state index contributed by atoms with van der Waals surface area (Å²) >= 11 is 1.83. The quantitative estimate of drug-likeness (QED) is 0.856. The summed E-state index contributed by atoms with van der Waals surface area (Å²) in [6.45, 7) is 1.23. The van der Waals surface area contributed by atoms with Crippen molar-refractivity contribution in [3.63, 3.8) is 0 Å². The molecule has 1 heterocycles. The molecule has 2 aromatic carbocycles. The zero-order valence-electron chi connectivity index (χ0n) is 11.2. The zero-order chi connectivity index (χ0) is 14.0. The third-order valence-electron chi connectivity index (χ3n) is 3.55. The third kappa shape index (κ3) is 2.57. The minimum absolute atomic E-state index is 0.433. The summed E-state index contributed by atoms with van der Waals surface area (Å²) in [5, 5.41) is 1.78. The highest BCUT2D eigenvalue weighted by atomic mass is 32.2. The van der Waals surface area contributed by atoms with E-state index in [1.165, 1.54) is 0 Å². The smallest absolute Gasteiger partial charge is 0.207 e. The van der Waals surface area contributed by atoms with Gasteiger partial charge in [-0.2, -0.15) is 16.1 Å². The van der Waals surface area contributed by atoms with E-state index in [9.17, 15) is 8.42 Å². The molecule has 1 aliphatic rings. The third-order valence-corrected chi connectivity index (χ3v) is 6.55. The highest BCUT2D eigenvalue weighted by Crippen LogP contribution is 2.26. The Labute approximate surface area is 124 Å². The maximum Gasteiger partial charge on any atom is 0.243 e. The lowest BCUT2D eigenvalue weighted by Gasteiger charge is -2.20. The van der Waals surface area contributed by atoms with Crippen LogP contribution >= 0.6 is 11.8 Å². The lowest BCUT2D eigenvalue weighted by atomic mass is 10.1. The van der Waals surface area contributed by atoms with E-state index in [0.717, 1.165) is 28.7 Å². The van der Waals surface area contributed by atoms with Gasteiger partial charge in [0.2, 0.25) is 10.0 Å². The summed E-state index contributed by atoms with van der Waals surface area (Å²) in [6.07, 6.45) is 0.925. The topological polar surface area (TPSA) is 37.4 Å². The van der Waals surface area contributed by atoms with Gasteiger partial charge in [0.05, 0.1) is 4.90 Å². The number of sulfonamides is 1. The Balaban J connectivity index is 2.09. The van der Waals surface area contributed by atoms with Gasteiger partial charge in [-0.25, -0.2) is 8.42 Å². The van der Waals surface area contributed by atoms with Crippen molar-refractivity contribution < 1.29 is 8.42 Å². The average Bonchev–Trinajstić information content (AvgIpc) is 2.76. The van der Waals surface area contributed by atoms with E-state index in [1.54, 1.807) is 10.4 Å². The molecular weight excluding hydrogens is 290 g/mol. The molecule has 1 saturated heterocycles. The first-order valence-corrected chi connectivity index (χ1v) is 9.35. The first-order chi connectivity index (χ1) is 9.69. The molecule has 0 unspecified atom stereocenters. The first-order valence-electron chi connectivity index (χ1n) is 6.75. The molecule has 1 fully saturated rings. The summed E-state index contributed by atoms with van der Waals surface area (Å²) in [5.41, 5.74) is 0. The molecule has 20 heavy (non-hydrogen) atoms. The van der Waals surface area contributed by atoms with Crippen LogP contribution in [-0.2, 0) is 10.0 Å². The summed E-state index contributed by atoms with van der Waals surface area (Å²) in [6, 6.07) is 13.1. The minimum Gasteiger partial charge on any atom is -0.207 e. The first kappa shape index (κ1) is 13.9. The lowest BCUT2D eigenvalue weighted by molar-refractivity contribution is 0.435. The highest BCUT2D eigenvalue weighted by Gasteiger charge is 2.26. The maximum atomic E-state index is 12.9. The molecule has 0 saturated carbocycles. The van der Waals surface area contributed by atoms with Crippen LogP contribution in [0, 0.1) is 0 Å². The number of thioether (sulfide) groups is 1. The molecule has 0 bridgehead atoms. The van der Waals surface area contributed by atoms with Crippen molar-refractivity contribution in [1.29, 1.82) is 0 Å². The minimum atomic E-state index is -3.39. The number of benzene rings is 2. The Kier molecular flexibility index (Phi) is 4.01. The molecule has 0 aliphatic carbocycles. The van der Waals surface area contributed by atoms with Crippen LogP contribution in [0.3, 0.4) is 0 Å². The number of hydrogen-bond acceptors (Lipinski definition) is 3. The van der Waals surface area contributed by atoms with Crippen LogP contribution in [0.2, 0.25) is 0 Å². The number of fused-ring (bicyclic) bond motifs is 1. The predicted molar refractivity (Wildman–Crippen MR) is 84.6 cm³/mol. The fraction of sp³-hybridized carbons (Fsp3) is 0.333. The molecule has 3 rings (SSSR count).